The summed E-state index contributed by atoms with van der Waals surface area (Å²) in [6.45, 7) is 5.47. The number of anilines is 1. The highest BCUT2D eigenvalue weighted by Gasteiger charge is 2.26. The van der Waals surface area contributed by atoms with Crippen LogP contribution in [0, 0.1) is 19.7 Å². The van der Waals surface area contributed by atoms with Gasteiger partial charge in [0.25, 0.3) is 0 Å². The number of hydrogen-bond acceptors (Lipinski definition) is 2. The van der Waals surface area contributed by atoms with E-state index in [0.717, 1.165) is 16.8 Å². The molecule has 2 rings (SSSR count). The van der Waals surface area contributed by atoms with Gasteiger partial charge in [-0.25, -0.2) is 4.39 Å². The van der Waals surface area contributed by atoms with Crippen LogP contribution in [-0.2, 0) is 5.54 Å². The molecule has 106 valence electrons. The third-order valence-corrected chi connectivity index (χ3v) is 3.68. The summed E-state index contributed by atoms with van der Waals surface area (Å²) in [5, 5.41) is 13.1. The molecule has 0 aliphatic carbocycles. The molecule has 2 N–H and O–H groups in total. The van der Waals surface area contributed by atoms with Gasteiger partial charge in [0, 0.05) is 5.69 Å². The SMILES string of the molecule is Cc1ccc(C(C)(CO)Nc2ccccc2C)cc1F. The van der Waals surface area contributed by atoms with Gasteiger partial charge >= 0.3 is 0 Å². The first-order valence-electron chi connectivity index (χ1n) is 6.67. The number of rotatable bonds is 4. The summed E-state index contributed by atoms with van der Waals surface area (Å²) in [5.41, 5.74) is 2.63. The number of halogens is 1. The molecule has 20 heavy (non-hydrogen) atoms. The van der Waals surface area contributed by atoms with Crippen LogP contribution in [-0.4, -0.2) is 11.7 Å². The molecule has 0 amide bonds. The van der Waals surface area contributed by atoms with Crippen molar-refractivity contribution < 1.29 is 9.50 Å². The monoisotopic (exact) mass is 273 g/mol. The van der Waals surface area contributed by atoms with E-state index < -0.39 is 5.54 Å². The lowest BCUT2D eigenvalue weighted by molar-refractivity contribution is 0.223. The van der Waals surface area contributed by atoms with Crippen molar-refractivity contribution in [3.05, 3.63) is 65.0 Å². The van der Waals surface area contributed by atoms with Crippen LogP contribution in [0.15, 0.2) is 42.5 Å². The van der Waals surface area contributed by atoms with Crippen LogP contribution in [0.1, 0.15) is 23.6 Å². The molecule has 0 aliphatic rings. The summed E-state index contributed by atoms with van der Waals surface area (Å²) in [6, 6.07) is 12.9. The van der Waals surface area contributed by atoms with Crippen LogP contribution in [0.5, 0.6) is 0 Å². The van der Waals surface area contributed by atoms with Gasteiger partial charge in [0.1, 0.15) is 5.82 Å². The molecule has 0 bridgehead atoms. The van der Waals surface area contributed by atoms with Crippen LogP contribution < -0.4 is 5.32 Å². The lowest BCUT2D eigenvalue weighted by Crippen LogP contribution is -2.36. The Balaban J connectivity index is 2.38. The minimum atomic E-state index is -0.722. The molecule has 3 heteroatoms. The summed E-state index contributed by atoms with van der Waals surface area (Å²) < 4.78 is 13.8. The third kappa shape index (κ3) is 2.83. The van der Waals surface area contributed by atoms with Crippen molar-refractivity contribution in [2.45, 2.75) is 26.3 Å². The molecule has 0 aliphatic heterocycles. The van der Waals surface area contributed by atoms with E-state index in [9.17, 15) is 9.50 Å². The number of nitrogens with one attached hydrogen (secondary N) is 1. The van der Waals surface area contributed by atoms with Crippen molar-refractivity contribution in [1.29, 1.82) is 0 Å². The van der Waals surface area contributed by atoms with E-state index in [-0.39, 0.29) is 12.4 Å². The molecule has 2 aromatic carbocycles. The van der Waals surface area contributed by atoms with Crippen molar-refractivity contribution >= 4 is 5.69 Å². The molecule has 2 nitrogen and oxygen atoms in total. The first kappa shape index (κ1) is 14.5. The van der Waals surface area contributed by atoms with E-state index in [1.54, 1.807) is 13.0 Å². The molecule has 0 heterocycles. The van der Waals surface area contributed by atoms with Crippen molar-refractivity contribution in [2.24, 2.45) is 0 Å². The fraction of sp³-hybridized carbons (Fsp3) is 0.294. The highest BCUT2D eigenvalue weighted by Crippen LogP contribution is 2.28. The number of para-hydroxylation sites is 1. The topological polar surface area (TPSA) is 32.3 Å². The lowest BCUT2D eigenvalue weighted by atomic mass is 9.91. The second-order valence-corrected chi connectivity index (χ2v) is 5.39. The Labute approximate surface area is 119 Å². The van der Waals surface area contributed by atoms with Gasteiger partial charge in [-0.15, -0.1) is 0 Å². The number of aryl methyl sites for hydroxylation is 2. The molecule has 0 fully saturated rings. The Morgan fingerprint density at radius 1 is 1.10 bits per heavy atom. The zero-order chi connectivity index (χ0) is 14.8. The largest absolute Gasteiger partial charge is 0.394 e. The minimum absolute atomic E-state index is 0.121. The first-order chi connectivity index (χ1) is 9.46. The molecule has 1 unspecified atom stereocenters. The average Bonchev–Trinajstić information content (AvgIpc) is 2.44. The molecule has 2 aromatic rings. The first-order valence-corrected chi connectivity index (χ1v) is 6.67. The van der Waals surface area contributed by atoms with Gasteiger partial charge in [0.15, 0.2) is 0 Å². The van der Waals surface area contributed by atoms with Gasteiger partial charge in [-0.05, 0) is 49.6 Å². The van der Waals surface area contributed by atoms with Crippen molar-refractivity contribution in [3.63, 3.8) is 0 Å². The second-order valence-electron chi connectivity index (χ2n) is 5.39. The van der Waals surface area contributed by atoms with Crippen LogP contribution in [0.3, 0.4) is 0 Å². The number of benzene rings is 2. The van der Waals surface area contributed by atoms with Gasteiger partial charge < -0.3 is 10.4 Å². The normalized spacial score (nSPS) is 13.8. The molecule has 0 saturated heterocycles. The Morgan fingerprint density at radius 2 is 1.80 bits per heavy atom. The maximum atomic E-state index is 13.8. The highest BCUT2D eigenvalue weighted by atomic mass is 19.1. The summed E-state index contributed by atoms with van der Waals surface area (Å²) >= 11 is 0. The lowest BCUT2D eigenvalue weighted by Gasteiger charge is -2.31. The molecule has 1 atom stereocenters. The van der Waals surface area contributed by atoms with Gasteiger partial charge in [0.2, 0.25) is 0 Å². The Kier molecular flexibility index (Phi) is 4.09. The zero-order valence-corrected chi connectivity index (χ0v) is 12.1. The molecule has 0 aromatic heterocycles. The van der Waals surface area contributed by atoms with Crippen LogP contribution in [0.4, 0.5) is 10.1 Å². The Bertz CT molecular complexity index is 612. The fourth-order valence-corrected chi connectivity index (χ4v) is 2.15. The molecular formula is C17H20FNO. The van der Waals surface area contributed by atoms with E-state index in [1.165, 1.54) is 6.07 Å². The van der Waals surface area contributed by atoms with Crippen molar-refractivity contribution in [2.75, 3.05) is 11.9 Å². The summed E-state index contributed by atoms with van der Waals surface area (Å²) in [6.07, 6.45) is 0. The summed E-state index contributed by atoms with van der Waals surface area (Å²) in [5.74, 6) is -0.256. The molecule has 0 spiro atoms. The van der Waals surface area contributed by atoms with E-state index >= 15 is 0 Å². The number of aliphatic hydroxyl groups excluding tert-OH is 1. The summed E-state index contributed by atoms with van der Waals surface area (Å²) in [4.78, 5) is 0. The molecule has 0 radical (unpaired) electrons. The van der Waals surface area contributed by atoms with Gasteiger partial charge in [-0.2, -0.15) is 0 Å². The predicted molar refractivity (Wildman–Crippen MR) is 80.4 cm³/mol. The number of aliphatic hydroxyl groups is 1. The quantitative estimate of drug-likeness (QED) is 0.889. The smallest absolute Gasteiger partial charge is 0.126 e. The standard InChI is InChI=1S/C17H20FNO/c1-12-8-9-14(10-15(12)18)17(3,11-20)19-16-7-5-4-6-13(16)2/h4-10,19-20H,11H2,1-3H3. The van der Waals surface area contributed by atoms with E-state index in [1.807, 2.05) is 44.2 Å². The summed E-state index contributed by atoms with van der Waals surface area (Å²) in [7, 11) is 0. The highest BCUT2D eigenvalue weighted by molar-refractivity contribution is 5.53. The third-order valence-electron chi connectivity index (χ3n) is 3.68. The average molecular weight is 273 g/mol. The van der Waals surface area contributed by atoms with E-state index in [0.29, 0.717) is 5.56 Å². The maximum Gasteiger partial charge on any atom is 0.126 e. The van der Waals surface area contributed by atoms with Crippen molar-refractivity contribution in [3.8, 4) is 0 Å². The predicted octanol–water partition coefficient (Wildman–Crippen LogP) is 3.76. The number of hydrogen-bond donors (Lipinski definition) is 2. The maximum absolute atomic E-state index is 13.8. The van der Waals surface area contributed by atoms with Crippen LogP contribution >= 0.6 is 0 Å². The van der Waals surface area contributed by atoms with E-state index in [4.69, 9.17) is 0 Å². The van der Waals surface area contributed by atoms with Crippen molar-refractivity contribution in [1.82, 2.24) is 0 Å². The fourth-order valence-electron chi connectivity index (χ4n) is 2.15. The Hall–Kier alpha value is -1.87. The molecular weight excluding hydrogens is 253 g/mol. The second kappa shape index (κ2) is 5.63. The Morgan fingerprint density at radius 3 is 2.40 bits per heavy atom. The zero-order valence-electron chi connectivity index (χ0n) is 12.1. The van der Waals surface area contributed by atoms with Gasteiger partial charge in [0.05, 0.1) is 12.1 Å². The molecule has 0 saturated carbocycles. The van der Waals surface area contributed by atoms with E-state index in [2.05, 4.69) is 5.32 Å². The van der Waals surface area contributed by atoms with Crippen LogP contribution in [0.2, 0.25) is 0 Å². The van der Waals surface area contributed by atoms with Crippen LogP contribution in [0.25, 0.3) is 0 Å². The minimum Gasteiger partial charge on any atom is -0.394 e. The van der Waals surface area contributed by atoms with Gasteiger partial charge in [-0.1, -0.05) is 30.3 Å². The van der Waals surface area contributed by atoms with Gasteiger partial charge in [-0.3, -0.25) is 0 Å².